The molecule has 0 aromatic carbocycles. The molecular formula is C14H28N4O5. The number of ether oxygens (including phenoxy) is 1. The standard InChI is InChI=1S/C14H28N4O5/c1-14(2,3)23-13(22)17-8-6-4-5-7-16-12(21)18-9-10(15)11(19)20/h10H,4-9,15H2,1-3H3,(H,17,22)(H,19,20)(H2,16,18,21)/t10-/m0/s1. The van der Waals surface area contributed by atoms with Gasteiger partial charge in [-0.05, 0) is 40.0 Å². The molecule has 3 amide bonds. The summed E-state index contributed by atoms with van der Waals surface area (Å²) in [6.45, 7) is 6.24. The third-order valence-electron chi connectivity index (χ3n) is 2.61. The second-order valence-corrected chi connectivity index (χ2v) is 6.07. The molecule has 134 valence electrons. The number of aliphatic carboxylic acids is 1. The largest absolute Gasteiger partial charge is 0.480 e. The lowest BCUT2D eigenvalue weighted by Crippen LogP contribution is -2.46. The highest BCUT2D eigenvalue weighted by Gasteiger charge is 2.15. The number of carboxylic acids is 1. The third-order valence-corrected chi connectivity index (χ3v) is 2.61. The Morgan fingerprint density at radius 2 is 1.61 bits per heavy atom. The van der Waals surface area contributed by atoms with E-state index in [1.165, 1.54) is 0 Å². The predicted octanol–water partition coefficient (Wildman–Crippen LogP) is 0.393. The van der Waals surface area contributed by atoms with Crippen LogP contribution in [0.15, 0.2) is 0 Å². The van der Waals surface area contributed by atoms with Crippen LogP contribution in [-0.4, -0.2) is 54.5 Å². The molecule has 0 fully saturated rings. The van der Waals surface area contributed by atoms with E-state index in [-0.39, 0.29) is 6.54 Å². The fraction of sp³-hybridized carbons (Fsp3) is 0.786. The minimum Gasteiger partial charge on any atom is -0.480 e. The Morgan fingerprint density at radius 1 is 1.04 bits per heavy atom. The van der Waals surface area contributed by atoms with Crippen molar-refractivity contribution >= 4 is 18.1 Å². The van der Waals surface area contributed by atoms with Gasteiger partial charge in [-0.1, -0.05) is 0 Å². The van der Waals surface area contributed by atoms with Gasteiger partial charge in [0.1, 0.15) is 11.6 Å². The van der Waals surface area contributed by atoms with Gasteiger partial charge in [-0.25, -0.2) is 9.59 Å². The molecule has 0 aromatic heterocycles. The van der Waals surface area contributed by atoms with Crippen LogP contribution >= 0.6 is 0 Å². The third kappa shape index (κ3) is 13.4. The number of nitrogens with two attached hydrogens (primary N) is 1. The number of rotatable bonds is 9. The van der Waals surface area contributed by atoms with Crippen molar-refractivity contribution in [3.8, 4) is 0 Å². The smallest absolute Gasteiger partial charge is 0.407 e. The van der Waals surface area contributed by atoms with Crippen LogP contribution in [0.4, 0.5) is 9.59 Å². The van der Waals surface area contributed by atoms with Crippen LogP contribution in [0.5, 0.6) is 0 Å². The number of carbonyl (C=O) groups is 3. The zero-order chi connectivity index (χ0) is 17.9. The van der Waals surface area contributed by atoms with Crippen LogP contribution in [0.2, 0.25) is 0 Å². The molecule has 0 aliphatic heterocycles. The van der Waals surface area contributed by atoms with Gasteiger partial charge in [-0.3, -0.25) is 4.79 Å². The molecule has 1 atom stereocenters. The second kappa shape index (κ2) is 10.7. The molecular weight excluding hydrogens is 304 g/mol. The number of alkyl carbamates (subject to hydrolysis) is 1. The van der Waals surface area contributed by atoms with E-state index in [1.807, 2.05) is 0 Å². The first-order valence-electron chi connectivity index (χ1n) is 7.59. The summed E-state index contributed by atoms with van der Waals surface area (Å²) in [5.74, 6) is -1.16. The first-order valence-corrected chi connectivity index (χ1v) is 7.59. The molecule has 0 aromatic rings. The molecule has 9 heteroatoms. The highest BCUT2D eigenvalue weighted by atomic mass is 16.6. The van der Waals surface area contributed by atoms with E-state index in [0.29, 0.717) is 13.1 Å². The number of carboxylic acid groups (broad SMARTS) is 1. The van der Waals surface area contributed by atoms with E-state index >= 15 is 0 Å². The van der Waals surface area contributed by atoms with E-state index in [0.717, 1.165) is 19.3 Å². The fourth-order valence-corrected chi connectivity index (χ4v) is 1.49. The zero-order valence-corrected chi connectivity index (χ0v) is 14.0. The van der Waals surface area contributed by atoms with Gasteiger partial charge in [0, 0.05) is 19.6 Å². The summed E-state index contributed by atoms with van der Waals surface area (Å²) in [7, 11) is 0. The normalized spacial score (nSPS) is 12.2. The monoisotopic (exact) mass is 332 g/mol. The highest BCUT2D eigenvalue weighted by Crippen LogP contribution is 2.06. The van der Waals surface area contributed by atoms with Crippen LogP contribution in [0.3, 0.4) is 0 Å². The van der Waals surface area contributed by atoms with Crippen molar-refractivity contribution in [2.24, 2.45) is 5.73 Å². The zero-order valence-electron chi connectivity index (χ0n) is 14.0. The Labute approximate surface area is 136 Å². The maximum absolute atomic E-state index is 11.4. The summed E-state index contributed by atoms with van der Waals surface area (Å²) in [5, 5.41) is 16.2. The Hall–Kier alpha value is -2.03. The lowest BCUT2D eigenvalue weighted by molar-refractivity contribution is -0.138. The highest BCUT2D eigenvalue weighted by molar-refractivity contribution is 5.77. The van der Waals surface area contributed by atoms with E-state index in [4.69, 9.17) is 15.6 Å². The van der Waals surface area contributed by atoms with Gasteiger partial charge < -0.3 is 31.5 Å². The van der Waals surface area contributed by atoms with Gasteiger partial charge in [0.25, 0.3) is 0 Å². The summed E-state index contributed by atoms with van der Waals surface area (Å²) in [4.78, 5) is 33.2. The van der Waals surface area contributed by atoms with Crippen LogP contribution in [-0.2, 0) is 9.53 Å². The van der Waals surface area contributed by atoms with Crippen molar-refractivity contribution in [2.45, 2.75) is 51.7 Å². The molecule has 0 aliphatic rings. The second-order valence-electron chi connectivity index (χ2n) is 6.07. The van der Waals surface area contributed by atoms with Crippen molar-refractivity contribution in [2.75, 3.05) is 19.6 Å². The van der Waals surface area contributed by atoms with Crippen LogP contribution in [0.25, 0.3) is 0 Å². The number of amides is 3. The summed E-state index contributed by atoms with van der Waals surface area (Å²) in [6, 6.07) is -1.56. The van der Waals surface area contributed by atoms with Crippen LogP contribution in [0.1, 0.15) is 40.0 Å². The molecule has 9 nitrogen and oxygen atoms in total. The van der Waals surface area contributed by atoms with Gasteiger partial charge in [-0.2, -0.15) is 0 Å². The van der Waals surface area contributed by atoms with Gasteiger partial charge in [-0.15, -0.1) is 0 Å². The van der Waals surface area contributed by atoms with Gasteiger partial charge in [0.05, 0.1) is 0 Å². The van der Waals surface area contributed by atoms with Crippen molar-refractivity contribution in [3.63, 3.8) is 0 Å². The maximum atomic E-state index is 11.4. The Balaban J connectivity index is 3.51. The van der Waals surface area contributed by atoms with E-state index < -0.39 is 29.7 Å². The average molecular weight is 332 g/mol. The summed E-state index contributed by atoms with van der Waals surface area (Å²) >= 11 is 0. The number of nitrogens with one attached hydrogen (secondary N) is 3. The first kappa shape index (κ1) is 21.0. The van der Waals surface area contributed by atoms with E-state index in [9.17, 15) is 14.4 Å². The average Bonchev–Trinajstić information content (AvgIpc) is 2.41. The summed E-state index contributed by atoms with van der Waals surface area (Å²) in [5.41, 5.74) is 4.74. The molecule has 0 heterocycles. The molecule has 6 N–H and O–H groups in total. The quantitative estimate of drug-likeness (QED) is 0.387. The van der Waals surface area contributed by atoms with Crippen molar-refractivity contribution in [1.29, 1.82) is 0 Å². The predicted molar refractivity (Wildman–Crippen MR) is 85.1 cm³/mol. The topological polar surface area (TPSA) is 143 Å². The first-order chi connectivity index (χ1) is 10.6. The molecule has 0 aliphatic carbocycles. The van der Waals surface area contributed by atoms with Gasteiger partial charge in [0.15, 0.2) is 0 Å². The van der Waals surface area contributed by atoms with Gasteiger partial charge in [0.2, 0.25) is 0 Å². The number of urea groups is 1. The summed E-state index contributed by atoms with van der Waals surface area (Å²) < 4.78 is 5.09. The van der Waals surface area contributed by atoms with Crippen molar-refractivity contribution < 1.29 is 24.2 Å². The maximum Gasteiger partial charge on any atom is 0.407 e. The van der Waals surface area contributed by atoms with E-state index in [1.54, 1.807) is 20.8 Å². The molecule has 0 radical (unpaired) electrons. The minimum atomic E-state index is -1.16. The number of unbranched alkanes of at least 4 members (excludes halogenated alkanes) is 2. The van der Waals surface area contributed by atoms with Crippen molar-refractivity contribution in [3.05, 3.63) is 0 Å². The van der Waals surface area contributed by atoms with Crippen molar-refractivity contribution in [1.82, 2.24) is 16.0 Å². The number of hydrogen-bond donors (Lipinski definition) is 5. The molecule has 0 bridgehead atoms. The Kier molecular flexibility index (Phi) is 9.71. The molecule has 0 saturated carbocycles. The van der Waals surface area contributed by atoms with Gasteiger partial charge >= 0.3 is 18.1 Å². The minimum absolute atomic E-state index is 0.124. The molecule has 0 rings (SSSR count). The molecule has 23 heavy (non-hydrogen) atoms. The lowest BCUT2D eigenvalue weighted by Gasteiger charge is -2.19. The van der Waals surface area contributed by atoms with Crippen LogP contribution < -0.4 is 21.7 Å². The summed E-state index contributed by atoms with van der Waals surface area (Å²) in [6.07, 6.45) is 1.90. The van der Waals surface area contributed by atoms with E-state index in [2.05, 4.69) is 16.0 Å². The number of carbonyl (C=O) groups excluding carboxylic acids is 2. The molecule has 0 unspecified atom stereocenters. The SMILES string of the molecule is CC(C)(C)OC(=O)NCCCCCNC(=O)NC[C@H](N)C(=O)O. The Bertz CT molecular complexity index is 395. The fourth-order valence-electron chi connectivity index (χ4n) is 1.49. The Morgan fingerprint density at radius 3 is 2.13 bits per heavy atom. The number of hydrogen-bond acceptors (Lipinski definition) is 5. The molecule has 0 saturated heterocycles. The van der Waals surface area contributed by atoms with Crippen LogP contribution in [0, 0.1) is 0 Å². The lowest BCUT2D eigenvalue weighted by atomic mass is 10.2. The molecule has 0 spiro atoms.